The summed E-state index contributed by atoms with van der Waals surface area (Å²) in [6, 6.07) is 16.0. The van der Waals surface area contributed by atoms with Crippen molar-refractivity contribution in [3.8, 4) is 17.2 Å². The second kappa shape index (κ2) is 16.8. The van der Waals surface area contributed by atoms with Crippen LogP contribution in [-0.2, 0) is 20.8 Å². The van der Waals surface area contributed by atoms with Gasteiger partial charge in [0, 0.05) is 38.7 Å². The molecule has 0 saturated carbocycles. The van der Waals surface area contributed by atoms with Crippen molar-refractivity contribution >= 4 is 29.3 Å². The van der Waals surface area contributed by atoms with Crippen LogP contribution in [0.25, 0.3) is 0 Å². The topological polar surface area (TPSA) is 148 Å². The number of benzene rings is 3. The van der Waals surface area contributed by atoms with E-state index in [1.165, 1.54) is 5.01 Å². The van der Waals surface area contributed by atoms with Crippen molar-refractivity contribution in [2.45, 2.75) is 50.7 Å². The quantitative estimate of drug-likeness (QED) is 0.0525. The van der Waals surface area contributed by atoms with Gasteiger partial charge in [0.1, 0.15) is 35.6 Å². The van der Waals surface area contributed by atoms with Crippen LogP contribution in [0, 0.1) is 6.92 Å². The highest BCUT2D eigenvalue weighted by atomic mass is 32.2. The number of esters is 1. The minimum Gasteiger partial charge on any atom is -0.494 e. The smallest absolute Gasteiger partial charge is 0.306 e. The van der Waals surface area contributed by atoms with Crippen LogP contribution >= 0.6 is 11.9 Å². The van der Waals surface area contributed by atoms with E-state index in [0.29, 0.717) is 63.2 Å². The van der Waals surface area contributed by atoms with Crippen molar-refractivity contribution in [3.63, 3.8) is 0 Å². The Kier molecular flexibility index (Phi) is 12.8. The number of aryl methyl sites for hydroxylation is 1. The van der Waals surface area contributed by atoms with E-state index in [2.05, 4.69) is 36.4 Å². The number of nitrogens with zero attached hydrogens (tertiary/aromatic N) is 2. The monoisotopic (exact) mass is 653 g/mol. The van der Waals surface area contributed by atoms with Gasteiger partial charge in [-0.15, -0.1) is 0 Å². The van der Waals surface area contributed by atoms with Crippen molar-refractivity contribution in [3.05, 3.63) is 70.8 Å². The summed E-state index contributed by atoms with van der Waals surface area (Å²) in [4.78, 5) is 13.9. The Hall–Kier alpha value is -3.68. The summed E-state index contributed by atoms with van der Waals surface area (Å²) >= 11 is 1.66. The van der Waals surface area contributed by atoms with E-state index in [4.69, 9.17) is 41.0 Å². The van der Waals surface area contributed by atoms with Crippen LogP contribution in [0.15, 0.2) is 53.4 Å². The molecule has 250 valence electrons. The SMILES string of the molecule is CCOC(=O)CC(c1ccc(C)c(CN2CC(C)Oc3cc(OCCOCCN)ccc3S2)c1)c1cc(N)c(N(C)N)c(OC)c1. The van der Waals surface area contributed by atoms with Crippen molar-refractivity contribution in [1.82, 2.24) is 4.31 Å². The summed E-state index contributed by atoms with van der Waals surface area (Å²) in [5.74, 6) is 7.49. The van der Waals surface area contributed by atoms with Gasteiger partial charge in [-0.3, -0.25) is 4.79 Å². The second-order valence-corrected chi connectivity index (χ2v) is 12.4. The molecule has 2 unspecified atom stereocenters. The van der Waals surface area contributed by atoms with Crippen molar-refractivity contribution in [1.29, 1.82) is 0 Å². The van der Waals surface area contributed by atoms with E-state index in [9.17, 15) is 4.79 Å². The van der Waals surface area contributed by atoms with Gasteiger partial charge in [0.25, 0.3) is 0 Å². The average molecular weight is 654 g/mol. The number of carbonyl (C=O) groups excluding carboxylic acids is 1. The molecule has 1 aliphatic heterocycles. The molecule has 0 saturated heterocycles. The Morgan fingerprint density at radius 1 is 1.13 bits per heavy atom. The largest absolute Gasteiger partial charge is 0.494 e. The number of anilines is 2. The first kappa shape index (κ1) is 35.2. The van der Waals surface area contributed by atoms with Crippen LogP contribution in [0.5, 0.6) is 17.2 Å². The molecule has 11 nitrogen and oxygen atoms in total. The molecule has 0 radical (unpaired) electrons. The Labute approximate surface area is 276 Å². The highest BCUT2D eigenvalue weighted by Crippen LogP contribution is 2.41. The van der Waals surface area contributed by atoms with Gasteiger partial charge in [0.05, 0.1) is 43.9 Å². The first-order valence-electron chi connectivity index (χ1n) is 15.5. The number of ether oxygens (including phenoxy) is 5. The molecule has 0 amide bonds. The number of hydrogen-bond donors (Lipinski definition) is 3. The molecular weight excluding hydrogens is 606 g/mol. The van der Waals surface area contributed by atoms with Crippen LogP contribution in [0.1, 0.15) is 48.4 Å². The summed E-state index contributed by atoms with van der Waals surface area (Å²) in [7, 11) is 3.28. The molecule has 46 heavy (non-hydrogen) atoms. The summed E-state index contributed by atoms with van der Waals surface area (Å²) in [5.41, 5.74) is 17.1. The second-order valence-electron chi connectivity index (χ2n) is 11.2. The van der Waals surface area contributed by atoms with Gasteiger partial charge < -0.3 is 40.2 Å². The number of nitrogen functional groups attached to an aromatic ring is 1. The summed E-state index contributed by atoms with van der Waals surface area (Å²) in [6.07, 6.45) is 0.100. The first-order chi connectivity index (χ1) is 22.1. The highest BCUT2D eigenvalue weighted by molar-refractivity contribution is 7.97. The Balaban J connectivity index is 1.59. The van der Waals surface area contributed by atoms with E-state index >= 15 is 0 Å². The number of fused-ring (bicyclic) bond motifs is 1. The lowest BCUT2D eigenvalue weighted by Crippen LogP contribution is -2.27. The molecule has 0 fully saturated rings. The van der Waals surface area contributed by atoms with Crippen LogP contribution in [0.2, 0.25) is 0 Å². The highest BCUT2D eigenvalue weighted by Gasteiger charge is 2.26. The molecule has 3 aromatic carbocycles. The van der Waals surface area contributed by atoms with E-state index in [0.717, 1.165) is 38.6 Å². The normalized spacial score (nSPS) is 15.3. The number of rotatable bonds is 15. The maximum absolute atomic E-state index is 12.8. The molecule has 3 aromatic rings. The van der Waals surface area contributed by atoms with Gasteiger partial charge in [-0.2, -0.15) is 0 Å². The zero-order valence-electron chi connectivity index (χ0n) is 27.4. The number of hydrogen-bond acceptors (Lipinski definition) is 12. The van der Waals surface area contributed by atoms with E-state index in [1.807, 2.05) is 30.3 Å². The number of methoxy groups -OCH3 is 1. The fourth-order valence-electron chi connectivity index (χ4n) is 5.43. The third-order valence-electron chi connectivity index (χ3n) is 7.59. The molecule has 4 rings (SSSR count). The standard InChI is InChI=1S/C34H47N5O6S/c1-6-43-33(40)19-28(25-16-29(36)34(38(4)37)31(17-25)41-5)24-8-7-22(2)26(15-24)21-39-20-23(3)45-30-18-27(9-10-32(30)46-39)44-14-13-42-12-11-35/h7-10,15-18,23,28H,6,11-14,19-21,35-37H2,1-5H3. The predicted molar refractivity (Wildman–Crippen MR) is 182 cm³/mol. The van der Waals surface area contributed by atoms with Gasteiger partial charge in [0.2, 0.25) is 0 Å². The van der Waals surface area contributed by atoms with Gasteiger partial charge in [-0.1, -0.05) is 18.2 Å². The Morgan fingerprint density at radius 2 is 1.93 bits per heavy atom. The van der Waals surface area contributed by atoms with Gasteiger partial charge in [0.15, 0.2) is 0 Å². The lowest BCUT2D eigenvalue weighted by molar-refractivity contribution is -0.143. The van der Waals surface area contributed by atoms with E-state index in [1.54, 1.807) is 33.0 Å². The Bertz CT molecular complexity index is 1470. The van der Waals surface area contributed by atoms with E-state index in [-0.39, 0.29) is 24.4 Å². The third-order valence-corrected chi connectivity index (χ3v) is 8.66. The Morgan fingerprint density at radius 3 is 2.65 bits per heavy atom. The number of hydrazine groups is 1. The number of carbonyl (C=O) groups is 1. The van der Waals surface area contributed by atoms with Crippen molar-refractivity contribution < 1.29 is 28.5 Å². The van der Waals surface area contributed by atoms with Crippen LogP contribution in [0.4, 0.5) is 11.4 Å². The number of nitrogens with two attached hydrogens (primary N) is 3. The molecule has 0 bridgehead atoms. The van der Waals surface area contributed by atoms with Gasteiger partial charge in [-0.05, 0) is 79.2 Å². The zero-order chi connectivity index (χ0) is 33.2. The molecule has 0 aliphatic carbocycles. The molecule has 0 aromatic heterocycles. The summed E-state index contributed by atoms with van der Waals surface area (Å²) < 4.78 is 30.9. The molecule has 12 heteroatoms. The predicted octanol–water partition coefficient (Wildman–Crippen LogP) is 4.63. The molecule has 2 atom stereocenters. The zero-order valence-corrected chi connectivity index (χ0v) is 28.2. The average Bonchev–Trinajstić information content (AvgIpc) is 3.17. The molecular formula is C34H47N5O6S. The van der Waals surface area contributed by atoms with Crippen LogP contribution in [0.3, 0.4) is 0 Å². The van der Waals surface area contributed by atoms with Crippen LogP contribution in [-0.4, -0.2) is 70.1 Å². The third kappa shape index (κ3) is 9.20. The maximum atomic E-state index is 12.8. The fourth-order valence-corrected chi connectivity index (χ4v) is 6.52. The lowest BCUT2D eigenvalue weighted by atomic mass is 9.86. The molecule has 1 aliphatic rings. The molecule has 0 spiro atoms. The summed E-state index contributed by atoms with van der Waals surface area (Å²) in [5, 5.41) is 1.43. The summed E-state index contributed by atoms with van der Waals surface area (Å²) in [6.45, 7) is 9.57. The minimum atomic E-state index is -0.314. The molecule has 6 N–H and O–H groups in total. The van der Waals surface area contributed by atoms with Crippen molar-refractivity contribution in [2.24, 2.45) is 11.6 Å². The van der Waals surface area contributed by atoms with Gasteiger partial charge >= 0.3 is 5.97 Å². The first-order valence-corrected chi connectivity index (χ1v) is 16.3. The van der Waals surface area contributed by atoms with Crippen molar-refractivity contribution in [2.75, 3.05) is 64.4 Å². The van der Waals surface area contributed by atoms with E-state index < -0.39 is 0 Å². The minimum absolute atomic E-state index is 0.0495. The van der Waals surface area contributed by atoms with Crippen LogP contribution < -0.4 is 36.5 Å². The maximum Gasteiger partial charge on any atom is 0.306 e. The van der Waals surface area contributed by atoms with Gasteiger partial charge in [-0.25, -0.2) is 10.1 Å². The lowest BCUT2D eigenvalue weighted by Gasteiger charge is -2.25. The fraction of sp³-hybridized carbons (Fsp3) is 0.441. The molecule has 1 heterocycles.